The van der Waals surface area contributed by atoms with Crippen molar-refractivity contribution in [3.63, 3.8) is 0 Å². The van der Waals surface area contributed by atoms with Crippen LogP contribution in [0.2, 0.25) is 0 Å². The number of ether oxygens (including phenoxy) is 1. The second-order valence-corrected chi connectivity index (χ2v) is 9.83. The summed E-state index contributed by atoms with van der Waals surface area (Å²) >= 11 is 0. The molecule has 0 saturated heterocycles. The Labute approximate surface area is 169 Å². The van der Waals surface area contributed by atoms with Gasteiger partial charge in [0, 0.05) is 36.0 Å². The highest BCUT2D eigenvalue weighted by Gasteiger charge is 2.25. The number of rotatable bonds is 6. The van der Waals surface area contributed by atoms with E-state index in [1.165, 1.54) is 16.7 Å². The van der Waals surface area contributed by atoms with Gasteiger partial charge in [0.2, 0.25) is 10.0 Å². The molecule has 29 heavy (non-hydrogen) atoms. The van der Waals surface area contributed by atoms with Gasteiger partial charge in [0.15, 0.2) is 5.82 Å². The van der Waals surface area contributed by atoms with Crippen LogP contribution in [0.15, 0.2) is 23.1 Å². The molecule has 0 aliphatic heterocycles. The number of aryl methyl sites for hydroxylation is 1. The third kappa shape index (κ3) is 4.32. The van der Waals surface area contributed by atoms with Crippen molar-refractivity contribution in [2.24, 2.45) is 13.0 Å². The van der Waals surface area contributed by atoms with Crippen LogP contribution in [0.5, 0.6) is 5.75 Å². The second kappa shape index (κ2) is 7.48. The summed E-state index contributed by atoms with van der Waals surface area (Å²) in [5, 5.41) is 0. The van der Waals surface area contributed by atoms with Crippen molar-refractivity contribution in [3.05, 3.63) is 45.6 Å². The van der Waals surface area contributed by atoms with E-state index in [-0.39, 0.29) is 11.2 Å². The molecule has 0 atom stereocenters. The Morgan fingerprint density at radius 3 is 2.52 bits per heavy atom. The van der Waals surface area contributed by atoms with Gasteiger partial charge in [-0.2, -0.15) is 0 Å². The summed E-state index contributed by atoms with van der Waals surface area (Å²) in [6.45, 7) is 0.499. The first-order valence-corrected chi connectivity index (χ1v) is 11.8. The standard InChI is InChI=1S/C21H25FN2O4S/c1-24-11-17(14-5-3-4-6-15(14)21(24)25)16-9-19(23-29(2,26)27)18(22)10-20(16)28-12-13-7-8-13/h9-11,13,23H,3-8,12H2,1-2H3. The molecule has 1 saturated carbocycles. The molecule has 2 aromatic rings. The number of anilines is 1. The fraction of sp³-hybridized carbons (Fsp3) is 0.476. The van der Waals surface area contributed by atoms with E-state index in [0.717, 1.165) is 55.1 Å². The zero-order chi connectivity index (χ0) is 20.8. The van der Waals surface area contributed by atoms with E-state index < -0.39 is 15.8 Å². The van der Waals surface area contributed by atoms with Crippen LogP contribution in [0.1, 0.15) is 36.8 Å². The van der Waals surface area contributed by atoms with Crippen LogP contribution in [0.3, 0.4) is 0 Å². The minimum Gasteiger partial charge on any atom is -0.493 e. The van der Waals surface area contributed by atoms with Gasteiger partial charge >= 0.3 is 0 Å². The van der Waals surface area contributed by atoms with Gasteiger partial charge in [-0.1, -0.05) is 0 Å². The number of nitrogens with one attached hydrogen (secondary N) is 1. The van der Waals surface area contributed by atoms with Gasteiger partial charge in [0.1, 0.15) is 5.75 Å². The van der Waals surface area contributed by atoms with E-state index in [9.17, 15) is 17.6 Å². The molecule has 0 bridgehead atoms. The van der Waals surface area contributed by atoms with Gasteiger partial charge in [-0.3, -0.25) is 9.52 Å². The fourth-order valence-corrected chi connectivity index (χ4v) is 4.42. The Morgan fingerprint density at radius 1 is 1.17 bits per heavy atom. The normalized spacial score (nSPS) is 16.4. The van der Waals surface area contributed by atoms with Crippen LogP contribution < -0.4 is 15.0 Å². The van der Waals surface area contributed by atoms with Gasteiger partial charge in [-0.15, -0.1) is 0 Å². The molecule has 0 spiro atoms. The summed E-state index contributed by atoms with van der Waals surface area (Å²) in [6.07, 6.45) is 8.33. The molecular weight excluding hydrogens is 395 g/mol. The number of fused-ring (bicyclic) bond motifs is 1. The van der Waals surface area contributed by atoms with Crippen molar-refractivity contribution in [1.82, 2.24) is 4.57 Å². The lowest BCUT2D eigenvalue weighted by Gasteiger charge is -2.22. The molecule has 2 aliphatic carbocycles. The minimum absolute atomic E-state index is 0.0134. The molecule has 0 radical (unpaired) electrons. The molecule has 1 aromatic carbocycles. The molecule has 4 rings (SSSR count). The number of hydrogen-bond acceptors (Lipinski definition) is 4. The molecule has 0 amide bonds. The van der Waals surface area contributed by atoms with Gasteiger partial charge in [0.05, 0.1) is 18.6 Å². The lowest BCUT2D eigenvalue weighted by Crippen LogP contribution is -2.25. The topological polar surface area (TPSA) is 77.4 Å². The van der Waals surface area contributed by atoms with E-state index in [1.54, 1.807) is 13.2 Å². The first kappa shape index (κ1) is 19.9. The largest absolute Gasteiger partial charge is 0.493 e. The Balaban J connectivity index is 1.89. The van der Waals surface area contributed by atoms with E-state index in [1.807, 2.05) is 0 Å². The fourth-order valence-electron chi connectivity index (χ4n) is 3.87. The molecule has 2 aliphatic rings. The summed E-state index contributed by atoms with van der Waals surface area (Å²) in [6, 6.07) is 2.72. The SMILES string of the molecule is Cn1cc(-c2cc(NS(C)(=O)=O)c(F)cc2OCC2CC2)c2c(c1=O)CCCC2. The molecule has 0 unspecified atom stereocenters. The maximum Gasteiger partial charge on any atom is 0.253 e. The van der Waals surface area contributed by atoms with Crippen LogP contribution in [0.25, 0.3) is 11.1 Å². The lowest BCUT2D eigenvalue weighted by atomic mass is 9.87. The van der Waals surface area contributed by atoms with Crippen molar-refractivity contribution in [3.8, 4) is 16.9 Å². The van der Waals surface area contributed by atoms with Crippen LogP contribution in [-0.2, 0) is 29.9 Å². The van der Waals surface area contributed by atoms with E-state index in [4.69, 9.17) is 4.74 Å². The highest BCUT2D eigenvalue weighted by Crippen LogP contribution is 2.40. The maximum absolute atomic E-state index is 14.6. The lowest BCUT2D eigenvalue weighted by molar-refractivity contribution is 0.299. The summed E-state index contributed by atoms with van der Waals surface area (Å²) in [4.78, 5) is 12.6. The van der Waals surface area contributed by atoms with Crippen molar-refractivity contribution < 1.29 is 17.5 Å². The van der Waals surface area contributed by atoms with Crippen molar-refractivity contribution >= 4 is 15.7 Å². The Kier molecular flexibility index (Phi) is 5.14. The predicted octanol–water partition coefficient (Wildman–Crippen LogP) is 3.23. The molecule has 6 nitrogen and oxygen atoms in total. The number of halogens is 1. The van der Waals surface area contributed by atoms with Gasteiger partial charge in [-0.25, -0.2) is 12.8 Å². The highest BCUT2D eigenvalue weighted by molar-refractivity contribution is 7.92. The van der Waals surface area contributed by atoms with E-state index in [2.05, 4.69) is 4.72 Å². The number of sulfonamides is 1. The minimum atomic E-state index is -3.65. The molecule has 1 fully saturated rings. The maximum atomic E-state index is 14.6. The summed E-state index contributed by atoms with van der Waals surface area (Å²) < 4.78 is 47.7. The predicted molar refractivity (Wildman–Crippen MR) is 110 cm³/mol. The van der Waals surface area contributed by atoms with Crippen LogP contribution in [0.4, 0.5) is 10.1 Å². The summed E-state index contributed by atoms with van der Waals surface area (Å²) in [7, 11) is -1.95. The number of pyridine rings is 1. The third-order valence-corrected chi connectivity index (χ3v) is 6.11. The number of hydrogen-bond donors (Lipinski definition) is 1. The third-order valence-electron chi connectivity index (χ3n) is 5.52. The van der Waals surface area contributed by atoms with Crippen LogP contribution in [0, 0.1) is 11.7 Å². The first-order chi connectivity index (χ1) is 13.7. The molecule has 1 aromatic heterocycles. The number of aromatic nitrogens is 1. The van der Waals surface area contributed by atoms with Gasteiger partial charge in [0.25, 0.3) is 5.56 Å². The van der Waals surface area contributed by atoms with Crippen LogP contribution in [-0.4, -0.2) is 25.8 Å². The van der Waals surface area contributed by atoms with Gasteiger partial charge in [-0.05, 0) is 56.1 Å². The van der Waals surface area contributed by atoms with Crippen molar-refractivity contribution in [1.29, 1.82) is 0 Å². The molecule has 1 heterocycles. The van der Waals surface area contributed by atoms with E-state index >= 15 is 0 Å². The zero-order valence-electron chi connectivity index (χ0n) is 16.6. The summed E-state index contributed by atoms with van der Waals surface area (Å²) in [5.41, 5.74) is 3.00. The molecule has 1 N–H and O–H groups in total. The number of benzene rings is 1. The number of nitrogens with zero attached hydrogens (tertiary/aromatic N) is 1. The molecule has 8 heteroatoms. The monoisotopic (exact) mass is 420 g/mol. The van der Waals surface area contributed by atoms with E-state index in [0.29, 0.717) is 30.3 Å². The van der Waals surface area contributed by atoms with Crippen molar-refractivity contribution in [2.75, 3.05) is 17.6 Å². The quantitative estimate of drug-likeness (QED) is 0.778. The first-order valence-electron chi connectivity index (χ1n) is 9.89. The Bertz CT molecular complexity index is 1120. The zero-order valence-corrected chi connectivity index (χ0v) is 17.4. The average molecular weight is 421 g/mol. The Hall–Kier alpha value is -2.35. The molecular formula is C21H25FN2O4S. The summed E-state index contributed by atoms with van der Waals surface area (Å²) in [5.74, 6) is 0.164. The Morgan fingerprint density at radius 2 is 1.86 bits per heavy atom. The second-order valence-electron chi connectivity index (χ2n) is 8.08. The van der Waals surface area contributed by atoms with Gasteiger partial charge < -0.3 is 9.30 Å². The van der Waals surface area contributed by atoms with Crippen molar-refractivity contribution in [2.45, 2.75) is 38.5 Å². The highest BCUT2D eigenvalue weighted by atomic mass is 32.2. The molecule has 156 valence electrons. The smallest absolute Gasteiger partial charge is 0.253 e. The average Bonchev–Trinajstić information content (AvgIpc) is 3.48. The van der Waals surface area contributed by atoms with Crippen LogP contribution >= 0.6 is 0 Å².